The summed E-state index contributed by atoms with van der Waals surface area (Å²) in [6.07, 6.45) is 3.57. The first-order chi connectivity index (χ1) is 8.06. The largest absolute Gasteiger partial charge is 0.307 e. The Labute approximate surface area is 114 Å². The SMILES string of the molecule is CCC(CC)(CC)NCc1ccc(Br)c(C)c1. The van der Waals surface area contributed by atoms with Gasteiger partial charge in [-0.3, -0.25) is 0 Å². The quantitative estimate of drug-likeness (QED) is 0.794. The molecule has 0 heterocycles. The van der Waals surface area contributed by atoms with E-state index in [4.69, 9.17) is 0 Å². The summed E-state index contributed by atoms with van der Waals surface area (Å²) in [6, 6.07) is 6.58. The maximum atomic E-state index is 3.73. The lowest BCUT2D eigenvalue weighted by Crippen LogP contribution is -2.43. The number of nitrogens with one attached hydrogen (secondary N) is 1. The molecular formula is C15H24BrN. The van der Waals surface area contributed by atoms with Crippen molar-refractivity contribution in [1.29, 1.82) is 0 Å². The van der Waals surface area contributed by atoms with Gasteiger partial charge >= 0.3 is 0 Å². The van der Waals surface area contributed by atoms with Gasteiger partial charge in [0, 0.05) is 16.6 Å². The van der Waals surface area contributed by atoms with Crippen LogP contribution in [0.1, 0.15) is 51.2 Å². The van der Waals surface area contributed by atoms with Gasteiger partial charge in [0.15, 0.2) is 0 Å². The summed E-state index contributed by atoms with van der Waals surface area (Å²) in [5, 5.41) is 3.73. The van der Waals surface area contributed by atoms with E-state index < -0.39 is 0 Å². The zero-order valence-corrected chi connectivity index (χ0v) is 13.0. The Balaban J connectivity index is 2.68. The molecule has 0 aliphatic heterocycles. The van der Waals surface area contributed by atoms with Crippen LogP contribution in [0.25, 0.3) is 0 Å². The van der Waals surface area contributed by atoms with Crippen LogP contribution in [-0.2, 0) is 6.54 Å². The minimum atomic E-state index is 0.307. The molecular weight excluding hydrogens is 274 g/mol. The molecule has 0 aliphatic carbocycles. The van der Waals surface area contributed by atoms with E-state index in [0.717, 1.165) is 6.54 Å². The number of hydrogen-bond donors (Lipinski definition) is 1. The summed E-state index contributed by atoms with van der Waals surface area (Å²) in [7, 11) is 0. The highest BCUT2D eigenvalue weighted by Gasteiger charge is 2.22. The molecule has 0 saturated heterocycles. The van der Waals surface area contributed by atoms with Crippen molar-refractivity contribution < 1.29 is 0 Å². The Bertz CT molecular complexity index is 348. The van der Waals surface area contributed by atoms with Gasteiger partial charge in [0.25, 0.3) is 0 Å². The number of halogens is 1. The third-order valence-corrected chi connectivity index (χ3v) is 4.81. The van der Waals surface area contributed by atoms with Crippen molar-refractivity contribution in [3.63, 3.8) is 0 Å². The molecule has 0 fully saturated rings. The third kappa shape index (κ3) is 3.82. The van der Waals surface area contributed by atoms with Crippen LogP contribution in [-0.4, -0.2) is 5.54 Å². The third-order valence-electron chi connectivity index (χ3n) is 3.92. The molecule has 0 spiro atoms. The summed E-state index contributed by atoms with van der Waals surface area (Å²) in [5.41, 5.74) is 2.98. The predicted octanol–water partition coefficient (Wildman–Crippen LogP) is 4.82. The van der Waals surface area contributed by atoms with Gasteiger partial charge in [0.2, 0.25) is 0 Å². The Morgan fingerprint density at radius 1 is 1.12 bits per heavy atom. The molecule has 1 N–H and O–H groups in total. The maximum Gasteiger partial charge on any atom is 0.0210 e. The summed E-state index contributed by atoms with van der Waals surface area (Å²) < 4.78 is 1.19. The fraction of sp³-hybridized carbons (Fsp3) is 0.600. The average Bonchev–Trinajstić information content (AvgIpc) is 2.36. The van der Waals surface area contributed by atoms with Gasteiger partial charge in [-0.25, -0.2) is 0 Å². The molecule has 0 bridgehead atoms. The van der Waals surface area contributed by atoms with Gasteiger partial charge in [-0.15, -0.1) is 0 Å². The molecule has 0 aromatic heterocycles. The molecule has 2 heteroatoms. The standard InChI is InChI=1S/C15H24BrN/c1-5-15(6-2,7-3)17-11-13-8-9-14(16)12(4)10-13/h8-10,17H,5-7,11H2,1-4H3. The minimum Gasteiger partial charge on any atom is -0.307 e. The van der Waals surface area contributed by atoms with Gasteiger partial charge < -0.3 is 5.32 Å². The van der Waals surface area contributed by atoms with Gasteiger partial charge in [0.05, 0.1) is 0 Å². The minimum absolute atomic E-state index is 0.307. The molecule has 0 unspecified atom stereocenters. The Hall–Kier alpha value is -0.340. The Morgan fingerprint density at radius 3 is 2.18 bits per heavy atom. The molecule has 1 nitrogen and oxygen atoms in total. The van der Waals surface area contributed by atoms with E-state index in [2.05, 4.69) is 67.1 Å². The zero-order valence-electron chi connectivity index (χ0n) is 11.4. The van der Waals surface area contributed by atoms with Crippen LogP contribution < -0.4 is 5.32 Å². The van der Waals surface area contributed by atoms with Crippen LogP contribution in [0.3, 0.4) is 0 Å². The van der Waals surface area contributed by atoms with Crippen LogP contribution in [0.15, 0.2) is 22.7 Å². The first-order valence-corrected chi connectivity index (χ1v) is 7.36. The molecule has 0 aliphatic rings. The van der Waals surface area contributed by atoms with Gasteiger partial charge in [0.1, 0.15) is 0 Å². The first kappa shape index (κ1) is 14.7. The highest BCUT2D eigenvalue weighted by Crippen LogP contribution is 2.21. The molecule has 0 saturated carbocycles. The van der Waals surface area contributed by atoms with Crippen LogP contribution in [0, 0.1) is 6.92 Å². The summed E-state index contributed by atoms with van der Waals surface area (Å²) in [4.78, 5) is 0. The first-order valence-electron chi connectivity index (χ1n) is 6.57. The van der Waals surface area contributed by atoms with E-state index in [0.29, 0.717) is 5.54 Å². The Morgan fingerprint density at radius 2 is 1.71 bits per heavy atom. The van der Waals surface area contributed by atoms with E-state index >= 15 is 0 Å². The lowest BCUT2D eigenvalue weighted by atomic mass is 9.89. The average molecular weight is 298 g/mol. The van der Waals surface area contributed by atoms with E-state index in [-0.39, 0.29) is 0 Å². The van der Waals surface area contributed by atoms with E-state index in [1.807, 2.05) is 0 Å². The van der Waals surface area contributed by atoms with Crippen molar-refractivity contribution in [2.75, 3.05) is 0 Å². The van der Waals surface area contributed by atoms with Gasteiger partial charge in [-0.05, 0) is 43.4 Å². The highest BCUT2D eigenvalue weighted by molar-refractivity contribution is 9.10. The molecule has 17 heavy (non-hydrogen) atoms. The van der Waals surface area contributed by atoms with Crippen LogP contribution >= 0.6 is 15.9 Å². The predicted molar refractivity (Wildman–Crippen MR) is 79.3 cm³/mol. The number of aryl methyl sites for hydroxylation is 1. The normalized spacial score (nSPS) is 11.8. The summed E-state index contributed by atoms with van der Waals surface area (Å²) in [6.45, 7) is 9.91. The number of hydrogen-bond acceptors (Lipinski definition) is 1. The zero-order chi connectivity index (χ0) is 12.9. The summed E-state index contributed by atoms with van der Waals surface area (Å²) in [5.74, 6) is 0. The van der Waals surface area contributed by atoms with Crippen LogP contribution in [0.5, 0.6) is 0 Å². The van der Waals surface area contributed by atoms with Crippen molar-refractivity contribution >= 4 is 15.9 Å². The van der Waals surface area contributed by atoms with Gasteiger partial charge in [-0.2, -0.15) is 0 Å². The van der Waals surface area contributed by atoms with Crippen LogP contribution in [0.2, 0.25) is 0 Å². The van der Waals surface area contributed by atoms with Crippen molar-refractivity contribution in [2.24, 2.45) is 0 Å². The van der Waals surface area contributed by atoms with E-state index in [1.165, 1.54) is 34.9 Å². The highest BCUT2D eigenvalue weighted by atomic mass is 79.9. The summed E-state index contributed by atoms with van der Waals surface area (Å²) >= 11 is 3.54. The van der Waals surface area contributed by atoms with Crippen molar-refractivity contribution in [2.45, 2.75) is 59.0 Å². The molecule has 0 radical (unpaired) electrons. The monoisotopic (exact) mass is 297 g/mol. The second kappa shape index (κ2) is 6.55. The number of benzene rings is 1. The van der Waals surface area contributed by atoms with Crippen molar-refractivity contribution in [1.82, 2.24) is 5.32 Å². The maximum absolute atomic E-state index is 3.73. The second-order valence-electron chi connectivity index (χ2n) is 4.78. The molecule has 96 valence electrons. The molecule has 0 amide bonds. The fourth-order valence-corrected chi connectivity index (χ4v) is 2.48. The topological polar surface area (TPSA) is 12.0 Å². The lowest BCUT2D eigenvalue weighted by molar-refractivity contribution is 0.288. The molecule has 0 atom stereocenters. The number of rotatable bonds is 6. The molecule has 1 aromatic carbocycles. The molecule has 1 rings (SSSR count). The van der Waals surface area contributed by atoms with E-state index in [1.54, 1.807) is 0 Å². The molecule has 1 aromatic rings. The second-order valence-corrected chi connectivity index (χ2v) is 5.63. The van der Waals surface area contributed by atoms with Crippen LogP contribution in [0.4, 0.5) is 0 Å². The van der Waals surface area contributed by atoms with E-state index in [9.17, 15) is 0 Å². The smallest absolute Gasteiger partial charge is 0.0210 e. The lowest BCUT2D eigenvalue weighted by Gasteiger charge is -2.32. The van der Waals surface area contributed by atoms with Gasteiger partial charge in [-0.1, -0.05) is 48.8 Å². The fourth-order valence-electron chi connectivity index (χ4n) is 2.23. The van der Waals surface area contributed by atoms with Crippen molar-refractivity contribution in [3.8, 4) is 0 Å². The Kier molecular flexibility index (Phi) is 5.68. The van der Waals surface area contributed by atoms with Crippen molar-refractivity contribution in [3.05, 3.63) is 33.8 Å².